The minimum Gasteiger partial charge on any atom is -0.480 e. The molecule has 0 saturated heterocycles. The molecule has 0 bridgehead atoms. The Hall–Kier alpha value is -2.00. The van der Waals surface area contributed by atoms with Crippen LogP contribution in [0.4, 0.5) is 0 Å². The molecular formula is C20H24ClNO2. The first-order valence-corrected chi connectivity index (χ1v) is 8.52. The summed E-state index contributed by atoms with van der Waals surface area (Å²) >= 11 is 5.90. The predicted octanol–water partition coefficient (Wildman–Crippen LogP) is 4.77. The molecule has 1 atom stereocenters. The van der Waals surface area contributed by atoms with Crippen LogP contribution in [0.1, 0.15) is 30.0 Å². The van der Waals surface area contributed by atoms with Gasteiger partial charge in [-0.2, -0.15) is 0 Å². The second-order valence-corrected chi connectivity index (χ2v) is 6.47. The van der Waals surface area contributed by atoms with E-state index in [0.717, 1.165) is 22.4 Å². The quantitative estimate of drug-likeness (QED) is 0.754. The lowest BCUT2D eigenvalue weighted by Crippen LogP contribution is -2.39. The van der Waals surface area contributed by atoms with Gasteiger partial charge in [-0.3, -0.25) is 4.79 Å². The van der Waals surface area contributed by atoms with Gasteiger partial charge < -0.3 is 9.64 Å². The van der Waals surface area contributed by atoms with Crippen LogP contribution in [0.5, 0.6) is 5.75 Å². The minimum atomic E-state index is -0.484. The number of hydrogen-bond acceptors (Lipinski definition) is 2. The lowest BCUT2D eigenvalue weighted by Gasteiger charge is -2.25. The van der Waals surface area contributed by atoms with Crippen molar-refractivity contribution in [3.8, 4) is 5.75 Å². The van der Waals surface area contributed by atoms with Gasteiger partial charge in [0.15, 0.2) is 6.10 Å². The zero-order valence-electron chi connectivity index (χ0n) is 14.7. The molecule has 4 heteroatoms. The fourth-order valence-electron chi connectivity index (χ4n) is 2.50. The van der Waals surface area contributed by atoms with Gasteiger partial charge in [-0.05, 0) is 55.2 Å². The van der Waals surface area contributed by atoms with E-state index in [0.29, 0.717) is 18.0 Å². The topological polar surface area (TPSA) is 29.5 Å². The molecule has 0 spiro atoms. The molecule has 0 saturated carbocycles. The van der Waals surface area contributed by atoms with E-state index < -0.39 is 6.10 Å². The fraction of sp³-hybridized carbons (Fsp3) is 0.350. The molecule has 0 radical (unpaired) electrons. The van der Waals surface area contributed by atoms with E-state index in [2.05, 4.69) is 0 Å². The first-order valence-electron chi connectivity index (χ1n) is 8.14. The summed E-state index contributed by atoms with van der Waals surface area (Å²) in [4.78, 5) is 14.4. The summed E-state index contributed by atoms with van der Waals surface area (Å²) in [5.74, 6) is 0.753. The first-order chi connectivity index (χ1) is 11.4. The number of carbonyl (C=O) groups is 1. The number of ether oxygens (including phenoxy) is 1. The summed E-state index contributed by atoms with van der Waals surface area (Å²) < 4.78 is 6.00. The maximum absolute atomic E-state index is 12.7. The Kier molecular flexibility index (Phi) is 6.27. The van der Waals surface area contributed by atoms with Crippen molar-refractivity contribution >= 4 is 17.5 Å². The first kappa shape index (κ1) is 18.3. The third kappa shape index (κ3) is 4.51. The van der Waals surface area contributed by atoms with Crippen molar-refractivity contribution in [2.45, 2.75) is 39.8 Å². The van der Waals surface area contributed by atoms with Crippen LogP contribution in [0.3, 0.4) is 0 Å². The molecule has 0 N–H and O–H groups in total. The second kappa shape index (κ2) is 8.20. The third-order valence-electron chi connectivity index (χ3n) is 4.18. The van der Waals surface area contributed by atoms with Crippen LogP contribution in [0, 0.1) is 13.8 Å². The number of aryl methyl sites for hydroxylation is 1. The molecule has 2 aromatic carbocycles. The molecule has 0 unspecified atom stereocenters. The monoisotopic (exact) mass is 345 g/mol. The predicted molar refractivity (Wildman–Crippen MR) is 98.5 cm³/mol. The zero-order chi connectivity index (χ0) is 17.7. The van der Waals surface area contributed by atoms with Crippen molar-refractivity contribution in [3.05, 3.63) is 64.2 Å². The van der Waals surface area contributed by atoms with Crippen LogP contribution in [-0.2, 0) is 11.3 Å². The molecule has 2 aromatic rings. The normalized spacial score (nSPS) is 11.9. The lowest BCUT2D eigenvalue weighted by atomic mass is 10.1. The van der Waals surface area contributed by atoms with E-state index in [1.807, 2.05) is 63.2 Å². The Bertz CT molecular complexity index is 697. The zero-order valence-corrected chi connectivity index (χ0v) is 15.4. The highest BCUT2D eigenvalue weighted by Crippen LogP contribution is 2.23. The summed E-state index contributed by atoms with van der Waals surface area (Å²) in [6.07, 6.45) is 0.139. The van der Waals surface area contributed by atoms with Gasteiger partial charge in [0, 0.05) is 18.6 Å². The van der Waals surface area contributed by atoms with Crippen LogP contribution >= 0.6 is 11.6 Å². The van der Waals surface area contributed by atoms with E-state index in [-0.39, 0.29) is 5.91 Å². The number of carbonyl (C=O) groups excluding carboxylic acids is 1. The average Bonchev–Trinajstić information content (AvgIpc) is 2.57. The highest BCUT2D eigenvalue weighted by molar-refractivity contribution is 6.30. The van der Waals surface area contributed by atoms with Gasteiger partial charge in [-0.15, -0.1) is 0 Å². The van der Waals surface area contributed by atoms with Gasteiger partial charge in [0.05, 0.1) is 0 Å². The van der Waals surface area contributed by atoms with Gasteiger partial charge >= 0.3 is 0 Å². The smallest absolute Gasteiger partial charge is 0.263 e. The van der Waals surface area contributed by atoms with Gasteiger partial charge in [0.2, 0.25) is 0 Å². The van der Waals surface area contributed by atoms with Crippen molar-refractivity contribution in [2.75, 3.05) is 7.05 Å². The summed E-state index contributed by atoms with van der Waals surface area (Å²) in [5, 5.41) is 0.692. The van der Waals surface area contributed by atoms with Gasteiger partial charge in [0.25, 0.3) is 5.91 Å². The molecule has 0 aromatic heterocycles. The molecule has 3 nitrogen and oxygen atoms in total. The van der Waals surface area contributed by atoms with Gasteiger partial charge in [0.1, 0.15) is 5.75 Å². The van der Waals surface area contributed by atoms with E-state index in [4.69, 9.17) is 16.3 Å². The van der Waals surface area contributed by atoms with Crippen LogP contribution in [0.15, 0.2) is 42.5 Å². The molecule has 24 heavy (non-hydrogen) atoms. The number of nitrogens with zero attached hydrogens (tertiary/aromatic N) is 1. The number of benzene rings is 2. The second-order valence-electron chi connectivity index (χ2n) is 6.03. The Morgan fingerprint density at radius 2 is 1.83 bits per heavy atom. The van der Waals surface area contributed by atoms with Gasteiger partial charge in [-0.1, -0.05) is 42.8 Å². The summed E-state index contributed by atoms with van der Waals surface area (Å²) in [6.45, 7) is 6.55. The van der Waals surface area contributed by atoms with E-state index >= 15 is 0 Å². The standard InChI is InChI=1S/C20H24ClNO2/c1-5-18(24-19-8-6-7-14(2)15(19)3)20(23)22(4)13-16-9-11-17(21)12-10-16/h6-12,18H,5,13H2,1-4H3/t18-/m1/s1. The number of likely N-dealkylation sites (N-methyl/N-ethyl adjacent to an activating group) is 1. The maximum atomic E-state index is 12.7. The Balaban J connectivity index is 2.07. The van der Waals surface area contributed by atoms with Gasteiger partial charge in [-0.25, -0.2) is 0 Å². The van der Waals surface area contributed by atoms with Crippen LogP contribution < -0.4 is 4.74 Å². The lowest BCUT2D eigenvalue weighted by molar-refractivity contribution is -0.138. The molecule has 0 heterocycles. The molecule has 128 valence electrons. The SMILES string of the molecule is CC[C@@H](Oc1cccc(C)c1C)C(=O)N(C)Cc1ccc(Cl)cc1. The molecule has 0 aliphatic carbocycles. The maximum Gasteiger partial charge on any atom is 0.263 e. The van der Waals surface area contributed by atoms with Crippen molar-refractivity contribution in [2.24, 2.45) is 0 Å². The van der Waals surface area contributed by atoms with Crippen LogP contribution in [-0.4, -0.2) is 24.0 Å². The molecular weight excluding hydrogens is 322 g/mol. The summed E-state index contributed by atoms with van der Waals surface area (Å²) in [7, 11) is 1.80. The highest BCUT2D eigenvalue weighted by atomic mass is 35.5. The van der Waals surface area contributed by atoms with E-state index in [1.54, 1.807) is 11.9 Å². The van der Waals surface area contributed by atoms with Crippen molar-refractivity contribution in [1.82, 2.24) is 4.90 Å². The summed E-state index contributed by atoms with van der Waals surface area (Å²) in [5.41, 5.74) is 3.27. The fourth-order valence-corrected chi connectivity index (χ4v) is 2.63. The van der Waals surface area contributed by atoms with Crippen LogP contribution in [0.25, 0.3) is 0 Å². The molecule has 1 amide bonds. The third-order valence-corrected chi connectivity index (χ3v) is 4.43. The van der Waals surface area contributed by atoms with E-state index in [1.165, 1.54) is 0 Å². The Morgan fingerprint density at radius 3 is 2.46 bits per heavy atom. The summed E-state index contributed by atoms with van der Waals surface area (Å²) in [6, 6.07) is 13.4. The molecule has 0 aliphatic heterocycles. The van der Waals surface area contributed by atoms with Crippen LogP contribution in [0.2, 0.25) is 5.02 Å². The number of amides is 1. The Morgan fingerprint density at radius 1 is 1.17 bits per heavy atom. The number of hydrogen-bond donors (Lipinski definition) is 0. The van der Waals surface area contributed by atoms with E-state index in [9.17, 15) is 4.79 Å². The number of rotatable bonds is 6. The van der Waals surface area contributed by atoms with Crippen molar-refractivity contribution in [3.63, 3.8) is 0 Å². The highest BCUT2D eigenvalue weighted by Gasteiger charge is 2.23. The number of halogens is 1. The average molecular weight is 346 g/mol. The minimum absolute atomic E-state index is 0.0200. The van der Waals surface area contributed by atoms with Crippen molar-refractivity contribution < 1.29 is 9.53 Å². The molecule has 0 fully saturated rings. The van der Waals surface area contributed by atoms with Crippen molar-refractivity contribution in [1.29, 1.82) is 0 Å². The molecule has 2 rings (SSSR count). The largest absolute Gasteiger partial charge is 0.480 e. The molecule has 0 aliphatic rings. The Labute approximate surface area is 149 Å².